The standard InChI is InChI=1S/C12H18N4O2/c1-15(2)9-8-13-12(10-16(17)18)14-11-6-4-3-5-7-11/h3-7H,8-10H2,1-2H3,(H,13,14). The Morgan fingerprint density at radius 2 is 2.06 bits per heavy atom. The molecule has 0 amide bonds. The first-order valence-corrected chi connectivity index (χ1v) is 5.70. The van der Waals surface area contributed by atoms with E-state index in [0.717, 1.165) is 12.2 Å². The van der Waals surface area contributed by atoms with E-state index in [1.54, 1.807) is 0 Å². The quantitative estimate of drug-likeness (QED) is 0.358. The SMILES string of the molecule is CN(C)CCN=C(C[N+](=O)[O-])Nc1ccccc1. The van der Waals surface area contributed by atoms with Crippen LogP contribution < -0.4 is 5.32 Å². The number of anilines is 1. The van der Waals surface area contributed by atoms with E-state index in [0.29, 0.717) is 12.4 Å². The molecule has 0 saturated heterocycles. The summed E-state index contributed by atoms with van der Waals surface area (Å²) in [5.74, 6) is 0.382. The van der Waals surface area contributed by atoms with Crippen molar-refractivity contribution < 1.29 is 4.92 Å². The van der Waals surface area contributed by atoms with Crippen molar-refractivity contribution in [3.8, 4) is 0 Å². The van der Waals surface area contributed by atoms with Crippen LogP contribution in [0.15, 0.2) is 35.3 Å². The molecule has 0 aliphatic rings. The lowest BCUT2D eigenvalue weighted by Crippen LogP contribution is -2.24. The number of aliphatic imine (C=N–C) groups is 1. The van der Waals surface area contributed by atoms with Gasteiger partial charge < -0.3 is 10.2 Å². The minimum atomic E-state index is -0.384. The van der Waals surface area contributed by atoms with Gasteiger partial charge in [0.1, 0.15) is 0 Å². The second-order valence-corrected chi connectivity index (χ2v) is 4.11. The molecule has 1 rings (SSSR count). The van der Waals surface area contributed by atoms with Crippen molar-refractivity contribution in [3.05, 3.63) is 40.4 Å². The predicted molar refractivity (Wildman–Crippen MR) is 72.8 cm³/mol. The lowest BCUT2D eigenvalue weighted by Gasteiger charge is -2.09. The zero-order valence-corrected chi connectivity index (χ0v) is 10.7. The number of hydrogen-bond donors (Lipinski definition) is 1. The van der Waals surface area contributed by atoms with Gasteiger partial charge in [-0.05, 0) is 26.2 Å². The Bertz CT molecular complexity index is 404. The predicted octanol–water partition coefficient (Wildman–Crippen LogP) is 1.34. The van der Waals surface area contributed by atoms with Gasteiger partial charge in [-0.1, -0.05) is 18.2 Å². The fourth-order valence-electron chi connectivity index (χ4n) is 1.32. The molecule has 6 nitrogen and oxygen atoms in total. The fourth-order valence-corrected chi connectivity index (χ4v) is 1.32. The summed E-state index contributed by atoms with van der Waals surface area (Å²) in [4.78, 5) is 16.4. The van der Waals surface area contributed by atoms with E-state index in [1.807, 2.05) is 49.3 Å². The third-order valence-electron chi connectivity index (χ3n) is 2.19. The summed E-state index contributed by atoms with van der Waals surface area (Å²) in [5.41, 5.74) is 0.808. The van der Waals surface area contributed by atoms with Crippen LogP contribution in [0.25, 0.3) is 0 Å². The van der Waals surface area contributed by atoms with Crippen LogP contribution in [0.3, 0.4) is 0 Å². The summed E-state index contributed by atoms with van der Waals surface area (Å²) in [5, 5.41) is 13.5. The number of benzene rings is 1. The summed E-state index contributed by atoms with van der Waals surface area (Å²) in [6.07, 6.45) is 0. The topological polar surface area (TPSA) is 70.8 Å². The average Bonchev–Trinajstić information content (AvgIpc) is 2.28. The normalized spacial score (nSPS) is 11.6. The molecule has 0 saturated carbocycles. The monoisotopic (exact) mass is 250 g/mol. The van der Waals surface area contributed by atoms with Gasteiger partial charge in [0, 0.05) is 17.2 Å². The lowest BCUT2D eigenvalue weighted by molar-refractivity contribution is -0.463. The molecule has 18 heavy (non-hydrogen) atoms. The molecule has 0 aliphatic carbocycles. The molecule has 0 aliphatic heterocycles. The van der Waals surface area contributed by atoms with E-state index < -0.39 is 0 Å². The lowest BCUT2D eigenvalue weighted by atomic mass is 10.3. The molecular formula is C12H18N4O2. The van der Waals surface area contributed by atoms with Crippen LogP contribution in [0.1, 0.15) is 0 Å². The Labute approximate surface area is 106 Å². The second-order valence-electron chi connectivity index (χ2n) is 4.11. The molecule has 1 aromatic rings. The molecule has 6 heteroatoms. The maximum Gasteiger partial charge on any atom is 0.260 e. The van der Waals surface area contributed by atoms with E-state index in [2.05, 4.69) is 10.3 Å². The maximum absolute atomic E-state index is 10.6. The van der Waals surface area contributed by atoms with Gasteiger partial charge >= 0.3 is 0 Å². The van der Waals surface area contributed by atoms with Crippen LogP contribution in [0.5, 0.6) is 0 Å². The minimum absolute atomic E-state index is 0.289. The van der Waals surface area contributed by atoms with E-state index >= 15 is 0 Å². The van der Waals surface area contributed by atoms with Crippen molar-refractivity contribution >= 4 is 11.5 Å². The second kappa shape index (κ2) is 7.39. The molecule has 0 fully saturated rings. The summed E-state index contributed by atoms with van der Waals surface area (Å²) >= 11 is 0. The smallest absolute Gasteiger partial charge is 0.260 e. The van der Waals surface area contributed by atoms with Crippen molar-refractivity contribution in [2.75, 3.05) is 39.0 Å². The molecule has 1 aromatic carbocycles. The van der Waals surface area contributed by atoms with Gasteiger partial charge in [0.2, 0.25) is 0 Å². The zero-order valence-electron chi connectivity index (χ0n) is 10.7. The van der Waals surface area contributed by atoms with Gasteiger partial charge in [0.15, 0.2) is 5.84 Å². The van der Waals surface area contributed by atoms with Crippen molar-refractivity contribution in [2.24, 2.45) is 4.99 Å². The van der Waals surface area contributed by atoms with E-state index in [-0.39, 0.29) is 11.5 Å². The molecule has 98 valence electrons. The third-order valence-corrected chi connectivity index (χ3v) is 2.19. The molecule has 0 heterocycles. The Kier molecular flexibility index (Phi) is 5.79. The van der Waals surface area contributed by atoms with Crippen LogP contribution in [0, 0.1) is 10.1 Å². The highest BCUT2D eigenvalue weighted by atomic mass is 16.6. The van der Waals surface area contributed by atoms with Crippen LogP contribution in [-0.2, 0) is 0 Å². The molecule has 0 unspecified atom stereocenters. The number of hydrogen-bond acceptors (Lipinski definition) is 4. The Morgan fingerprint density at radius 3 is 2.61 bits per heavy atom. The number of nitrogens with one attached hydrogen (secondary N) is 1. The van der Waals surface area contributed by atoms with Gasteiger partial charge in [-0.25, -0.2) is 0 Å². The zero-order chi connectivity index (χ0) is 13.4. The number of likely N-dealkylation sites (N-methyl/N-ethyl adjacent to an activating group) is 1. The number of rotatable bonds is 6. The van der Waals surface area contributed by atoms with Gasteiger partial charge in [-0.2, -0.15) is 0 Å². The van der Waals surface area contributed by atoms with Gasteiger partial charge in [-0.3, -0.25) is 15.1 Å². The van der Waals surface area contributed by atoms with Gasteiger partial charge in [-0.15, -0.1) is 0 Å². The van der Waals surface area contributed by atoms with Gasteiger partial charge in [0.25, 0.3) is 6.54 Å². The molecular weight excluding hydrogens is 232 g/mol. The largest absolute Gasteiger partial charge is 0.339 e. The number of para-hydroxylation sites is 1. The average molecular weight is 250 g/mol. The first-order valence-electron chi connectivity index (χ1n) is 5.70. The van der Waals surface area contributed by atoms with E-state index in [1.165, 1.54) is 0 Å². The Balaban J connectivity index is 2.63. The van der Waals surface area contributed by atoms with E-state index in [9.17, 15) is 10.1 Å². The van der Waals surface area contributed by atoms with Crippen LogP contribution in [0.4, 0.5) is 5.69 Å². The Hall–Kier alpha value is -1.95. The summed E-state index contributed by atoms with van der Waals surface area (Å²) in [6.45, 7) is 1.01. The van der Waals surface area contributed by atoms with Crippen molar-refractivity contribution in [3.63, 3.8) is 0 Å². The van der Waals surface area contributed by atoms with E-state index in [4.69, 9.17) is 0 Å². The molecule has 0 aromatic heterocycles. The molecule has 0 radical (unpaired) electrons. The summed E-state index contributed by atoms with van der Waals surface area (Å²) in [7, 11) is 3.88. The van der Waals surface area contributed by atoms with Crippen LogP contribution in [-0.4, -0.2) is 49.4 Å². The van der Waals surface area contributed by atoms with Crippen molar-refractivity contribution in [2.45, 2.75) is 0 Å². The molecule has 0 atom stereocenters. The number of amidine groups is 1. The minimum Gasteiger partial charge on any atom is -0.339 e. The number of nitro groups is 1. The first kappa shape index (κ1) is 14.1. The van der Waals surface area contributed by atoms with Crippen LogP contribution >= 0.6 is 0 Å². The summed E-state index contributed by atoms with van der Waals surface area (Å²) < 4.78 is 0. The highest BCUT2D eigenvalue weighted by Crippen LogP contribution is 2.05. The molecule has 0 bridgehead atoms. The first-order chi connectivity index (χ1) is 8.58. The Morgan fingerprint density at radius 1 is 1.39 bits per heavy atom. The molecule has 0 spiro atoms. The van der Waals surface area contributed by atoms with Crippen LogP contribution in [0.2, 0.25) is 0 Å². The molecule has 1 N–H and O–H groups in total. The number of nitrogens with zero attached hydrogens (tertiary/aromatic N) is 3. The highest BCUT2D eigenvalue weighted by molar-refractivity contribution is 5.96. The summed E-state index contributed by atoms with van der Waals surface area (Å²) in [6, 6.07) is 9.32. The highest BCUT2D eigenvalue weighted by Gasteiger charge is 2.07. The van der Waals surface area contributed by atoms with Gasteiger partial charge in [0.05, 0.1) is 6.54 Å². The fraction of sp³-hybridized carbons (Fsp3) is 0.417. The van der Waals surface area contributed by atoms with Crippen molar-refractivity contribution in [1.29, 1.82) is 0 Å². The third kappa shape index (κ3) is 5.95. The van der Waals surface area contributed by atoms with Crippen molar-refractivity contribution in [1.82, 2.24) is 4.90 Å². The maximum atomic E-state index is 10.6.